The Hall–Kier alpha value is -3.19. The van der Waals surface area contributed by atoms with Crippen LogP contribution >= 0.6 is 0 Å². The summed E-state index contributed by atoms with van der Waals surface area (Å²) in [5, 5.41) is 0. The highest BCUT2D eigenvalue weighted by atomic mass is 16.2. The van der Waals surface area contributed by atoms with Crippen molar-refractivity contribution in [3.8, 4) is 0 Å². The fourth-order valence-electron chi connectivity index (χ4n) is 3.58. The van der Waals surface area contributed by atoms with E-state index in [1.807, 2.05) is 0 Å². The van der Waals surface area contributed by atoms with Crippen molar-refractivity contribution in [2.45, 2.75) is 0 Å². The second-order valence-electron chi connectivity index (χ2n) is 6.85. The van der Waals surface area contributed by atoms with Gasteiger partial charge in [0.05, 0.1) is 22.5 Å². The molecule has 2 aromatic carbocycles. The second-order valence-corrected chi connectivity index (χ2v) is 6.85. The van der Waals surface area contributed by atoms with Gasteiger partial charge in [-0.1, -0.05) is 12.1 Å². The van der Waals surface area contributed by atoms with Crippen LogP contribution in [-0.2, 0) is 0 Å². The molecule has 2 aromatic rings. The lowest BCUT2D eigenvalue weighted by atomic mass is 10.1. The van der Waals surface area contributed by atoms with Gasteiger partial charge in [0.15, 0.2) is 0 Å². The van der Waals surface area contributed by atoms with Gasteiger partial charge in [0.1, 0.15) is 0 Å². The van der Waals surface area contributed by atoms with Crippen molar-refractivity contribution in [3.63, 3.8) is 0 Å². The third-order valence-corrected chi connectivity index (χ3v) is 5.14. The Kier molecular flexibility index (Phi) is 4.16. The van der Waals surface area contributed by atoms with Crippen LogP contribution < -0.4 is 15.5 Å². The Morgan fingerprint density at radius 1 is 0.889 bits per heavy atom. The molecule has 0 saturated carbocycles. The number of hydrogen-bond donors (Lipinski definition) is 1. The highest BCUT2D eigenvalue weighted by Crippen LogP contribution is 2.36. The molecule has 3 amide bonds. The zero-order valence-electron chi connectivity index (χ0n) is 15.0. The fourth-order valence-corrected chi connectivity index (χ4v) is 3.58. The van der Waals surface area contributed by atoms with Crippen molar-refractivity contribution in [2.75, 3.05) is 43.0 Å². The fraction of sp³-hybridized carbons (Fsp3) is 0.250. The maximum atomic E-state index is 12.9. The zero-order chi connectivity index (χ0) is 19.1. The molecule has 2 aliphatic heterocycles. The van der Waals surface area contributed by atoms with Gasteiger partial charge >= 0.3 is 0 Å². The number of amides is 3. The number of piperazine rings is 1. The summed E-state index contributed by atoms with van der Waals surface area (Å²) in [6.45, 7) is 3.28. The number of carbonyl (C=O) groups is 3. The number of benzene rings is 2. The summed E-state index contributed by atoms with van der Waals surface area (Å²) in [6.07, 6.45) is 0. The van der Waals surface area contributed by atoms with Crippen LogP contribution in [0.5, 0.6) is 0 Å². The van der Waals surface area contributed by atoms with E-state index in [0.717, 1.165) is 36.8 Å². The molecule has 1 fully saturated rings. The van der Waals surface area contributed by atoms with Gasteiger partial charge in [-0.3, -0.25) is 14.4 Å². The molecule has 0 bridgehead atoms. The van der Waals surface area contributed by atoms with Crippen molar-refractivity contribution in [3.05, 3.63) is 59.2 Å². The molecule has 0 aliphatic carbocycles. The van der Waals surface area contributed by atoms with Crippen molar-refractivity contribution in [1.29, 1.82) is 0 Å². The first kappa shape index (κ1) is 17.2. The number of anilines is 2. The van der Waals surface area contributed by atoms with Crippen molar-refractivity contribution < 1.29 is 14.4 Å². The first-order valence-electron chi connectivity index (χ1n) is 8.82. The largest absolute Gasteiger partial charge is 0.367 e. The third-order valence-electron chi connectivity index (χ3n) is 5.14. The Morgan fingerprint density at radius 3 is 2.04 bits per heavy atom. The third kappa shape index (κ3) is 2.86. The number of likely N-dealkylation sites (N-methyl/N-ethyl adjacent to an activating group) is 1. The molecular formula is C20H20N4O3. The standard InChI is InChI=1S/C20H20N4O3/c1-22-8-10-23(11-9-22)16-7-6-13(18(21)25)12-17(16)24-19(26)14-4-2-3-5-15(14)20(24)27/h2-7,12H,8-11H2,1H3,(H2,21,25). The number of fused-ring (bicyclic) bond motifs is 1. The van der Waals surface area contributed by atoms with Gasteiger partial charge in [-0.25, -0.2) is 4.90 Å². The first-order chi connectivity index (χ1) is 13.0. The van der Waals surface area contributed by atoms with Crippen LogP contribution in [0.2, 0.25) is 0 Å². The molecule has 1 saturated heterocycles. The molecule has 27 heavy (non-hydrogen) atoms. The lowest BCUT2D eigenvalue weighted by molar-refractivity contribution is 0.0923. The van der Waals surface area contributed by atoms with E-state index in [2.05, 4.69) is 16.8 Å². The van der Waals surface area contributed by atoms with Crippen LogP contribution in [0.4, 0.5) is 11.4 Å². The molecule has 7 heteroatoms. The summed E-state index contributed by atoms with van der Waals surface area (Å²) in [4.78, 5) is 43.1. The average Bonchev–Trinajstić information content (AvgIpc) is 2.93. The van der Waals surface area contributed by atoms with Gasteiger partial charge in [0.25, 0.3) is 11.8 Å². The minimum Gasteiger partial charge on any atom is -0.367 e. The van der Waals surface area contributed by atoms with Gasteiger partial charge in [-0.15, -0.1) is 0 Å². The summed E-state index contributed by atoms with van der Waals surface area (Å²) in [5.74, 6) is -1.36. The van der Waals surface area contributed by atoms with Crippen LogP contribution in [0.25, 0.3) is 0 Å². The van der Waals surface area contributed by atoms with Crippen LogP contribution in [0.1, 0.15) is 31.1 Å². The number of primary amides is 1. The van der Waals surface area contributed by atoms with E-state index in [1.165, 1.54) is 6.07 Å². The molecule has 0 atom stereocenters. The van der Waals surface area contributed by atoms with Crippen LogP contribution in [0.15, 0.2) is 42.5 Å². The number of rotatable bonds is 3. The summed E-state index contributed by atoms with van der Waals surface area (Å²) in [7, 11) is 2.05. The molecule has 2 aliphatic rings. The maximum absolute atomic E-state index is 12.9. The molecule has 2 N–H and O–H groups in total. The van der Waals surface area contributed by atoms with E-state index in [4.69, 9.17) is 5.73 Å². The van der Waals surface area contributed by atoms with Gasteiger partial charge in [0.2, 0.25) is 5.91 Å². The lowest BCUT2D eigenvalue weighted by Crippen LogP contribution is -2.45. The maximum Gasteiger partial charge on any atom is 0.266 e. The van der Waals surface area contributed by atoms with E-state index in [9.17, 15) is 14.4 Å². The van der Waals surface area contributed by atoms with E-state index >= 15 is 0 Å². The summed E-state index contributed by atoms with van der Waals surface area (Å²) >= 11 is 0. The van der Waals surface area contributed by atoms with E-state index in [-0.39, 0.29) is 17.4 Å². The number of carbonyl (C=O) groups excluding carboxylic acids is 3. The van der Waals surface area contributed by atoms with Crippen molar-refractivity contribution in [1.82, 2.24) is 4.90 Å². The first-order valence-corrected chi connectivity index (χ1v) is 8.82. The average molecular weight is 364 g/mol. The van der Waals surface area contributed by atoms with Crippen LogP contribution in [0, 0.1) is 0 Å². The minimum atomic E-state index is -0.599. The number of imide groups is 1. The van der Waals surface area contributed by atoms with E-state index in [0.29, 0.717) is 16.8 Å². The molecule has 7 nitrogen and oxygen atoms in total. The van der Waals surface area contributed by atoms with E-state index < -0.39 is 5.91 Å². The second kappa shape index (κ2) is 6.51. The predicted octanol–water partition coefficient (Wildman–Crippen LogP) is 1.34. The quantitative estimate of drug-likeness (QED) is 0.831. The molecule has 2 heterocycles. The number of hydrogen-bond acceptors (Lipinski definition) is 5. The molecule has 138 valence electrons. The minimum absolute atomic E-state index is 0.263. The van der Waals surface area contributed by atoms with Crippen molar-refractivity contribution >= 4 is 29.1 Å². The van der Waals surface area contributed by atoms with Gasteiger partial charge in [-0.2, -0.15) is 0 Å². The zero-order valence-corrected chi connectivity index (χ0v) is 15.0. The molecule has 4 rings (SSSR count). The number of nitrogens with zero attached hydrogens (tertiary/aromatic N) is 3. The highest BCUT2D eigenvalue weighted by Gasteiger charge is 2.38. The smallest absolute Gasteiger partial charge is 0.266 e. The summed E-state index contributed by atoms with van der Waals surface area (Å²) in [5.41, 5.74) is 7.60. The van der Waals surface area contributed by atoms with E-state index in [1.54, 1.807) is 36.4 Å². The SMILES string of the molecule is CN1CCN(c2ccc(C(N)=O)cc2N2C(=O)c3ccccc3C2=O)CC1. The topological polar surface area (TPSA) is 86.9 Å². The van der Waals surface area contributed by atoms with Crippen LogP contribution in [-0.4, -0.2) is 55.8 Å². The van der Waals surface area contributed by atoms with Gasteiger partial charge in [0, 0.05) is 31.7 Å². The summed E-state index contributed by atoms with van der Waals surface area (Å²) in [6, 6.07) is 11.7. The molecular weight excluding hydrogens is 344 g/mol. The lowest BCUT2D eigenvalue weighted by Gasteiger charge is -2.36. The normalized spacial score (nSPS) is 17.4. The Labute approximate surface area is 157 Å². The molecule has 0 radical (unpaired) electrons. The Morgan fingerprint density at radius 2 is 1.48 bits per heavy atom. The van der Waals surface area contributed by atoms with Crippen molar-refractivity contribution in [2.24, 2.45) is 5.73 Å². The van der Waals surface area contributed by atoms with Crippen LogP contribution in [0.3, 0.4) is 0 Å². The number of nitrogens with two attached hydrogens (primary N) is 1. The molecule has 0 spiro atoms. The summed E-state index contributed by atoms with van der Waals surface area (Å²) < 4.78 is 0. The molecule has 0 unspecified atom stereocenters. The predicted molar refractivity (Wildman–Crippen MR) is 102 cm³/mol. The Bertz CT molecular complexity index is 913. The van der Waals surface area contributed by atoms with Gasteiger partial charge < -0.3 is 15.5 Å². The Balaban J connectivity index is 1.81. The monoisotopic (exact) mass is 364 g/mol. The highest BCUT2D eigenvalue weighted by molar-refractivity contribution is 6.35. The molecule has 0 aromatic heterocycles. The van der Waals surface area contributed by atoms with Gasteiger partial charge in [-0.05, 0) is 37.4 Å².